The van der Waals surface area contributed by atoms with Crippen molar-refractivity contribution >= 4 is 6.03 Å². The van der Waals surface area contributed by atoms with Crippen LogP contribution in [-0.2, 0) is 13.1 Å². The zero-order valence-corrected chi connectivity index (χ0v) is 16.2. The van der Waals surface area contributed by atoms with E-state index in [0.29, 0.717) is 31.5 Å². The first-order chi connectivity index (χ1) is 12.5. The summed E-state index contributed by atoms with van der Waals surface area (Å²) in [7, 11) is 1.80. The van der Waals surface area contributed by atoms with E-state index in [1.807, 2.05) is 12.1 Å². The van der Waals surface area contributed by atoms with Crippen molar-refractivity contribution in [1.29, 1.82) is 0 Å². The van der Waals surface area contributed by atoms with Crippen LogP contribution in [0.1, 0.15) is 49.8 Å². The summed E-state index contributed by atoms with van der Waals surface area (Å²) in [6.45, 7) is 8.08. The molecule has 26 heavy (non-hydrogen) atoms. The van der Waals surface area contributed by atoms with E-state index in [9.17, 15) is 4.79 Å². The molecule has 0 unspecified atom stereocenters. The summed E-state index contributed by atoms with van der Waals surface area (Å²) in [5, 5.41) is 2.92. The molecule has 0 aliphatic rings. The monoisotopic (exact) mass is 355 g/mol. The van der Waals surface area contributed by atoms with Gasteiger partial charge in [0.1, 0.15) is 0 Å². The Morgan fingerprint density at radius 1 is 1.15 bits per heavy atom. The third-order valence-corrected chi connectivity index (χ3v) is 4.11. The maximum Gasteiger partial charge on any atom is 0.317 e. The van der Waals surface area contributed by atoms with E-state index < -0.39 is 0 Å². The van der Waals surface area contributed by atoms with E-state index in [1.165, 1.54) is 5.56 Å². The van der Waals surface area contributed by atoms with Gasteiger partial charge in [-0.25, -0.2) is 9.78 Å². The Bertz CT molecular complexity index is 681. The molecule has 0 atom stereocenters. The van der Waals surface area contributed by atoms with Gasteiger partial charge in [-0.15, -0.1) is 0 Å². The SMILES string of the molecule is CCCOc1ccc(CNC(=O)N(C)Cc2ccc(C(C)C)cc2)cn1. The molecule has 0 spiro atoms. The van der Waals surface area contributed by atoms with Crippen molar-refractivity contribution in [3.8, 4) is 5.88 Å². The lowest BCUT2D eigenvalue weighted by Gasteiger charge is -2.18. The second-order valence-corrected chi connectivity index (χ2v) is 6.76. The molecule has 1 aromatic carbocycles. The third-order valence-electron chi connectivity index (χ3n) is 4.11. The molecule has 1 N–H and O–H groups in total. The highest BCUT2D eigenvalue weighted by Gasteiger charge is 2.09. The molecule has 0 aliphatic carbocycles. The summed E-state index contributed by atoms with van der Waals surface area (Å²) in [6.07, 6.45) is 2.68. The number of carbonyl (C=O) groups is 1. The molecule has 0 bridgehead atoms. The number of nitrogens with zero attached hydrogens (tertiary/aromatic N) is 2. The minimum Gasteiger partial charge on any atom is -0.478 e. The van der Waals surface area contributed by atoms with Crippen LogP contribution in [0.3, 0.4) is 0 Å². The van der Waals surface area contributed by atoms with E-state index in [0.717, 1.165) is 17.5 Å². The Hall–Kier alpha value is -2.56. The van der Waals surface area contributed by atoms with E-state index in [-0.39, 0.29) is 6.03 Å². The van der Waals surface area contributed by atoms with Gasteiger partial charge >= 0.3 is 6.03 Å². The van der Waals surface area contributed by atoms with Gasteiger partial charge in [0, 0.05) is 32.4 Å². The summed E-state index contributed by atoms with van der Waals surface area (Å²) >= 11 is 0. The molecule has 0 saturated carbocycles. The van der Waals surface area contributed by atoms with Gasteiger partial charge in [0.2, 0.25) is 5.88 Å². The summed E-state index contributed by atoms with van der Waals surface area (Å²) in [5.74, 6) is 1.13. The predicted molar refractivity (Wildman–Crippen MR) is 104 cm³/mol. The minimum atomic E-state index is -0.107. The fourth-order valence-electron chi connectivity index (χ4n) is 2.47. The molecule has 0 fully saturated rings. The number of rotatable bonds is 8. The van der Waals surface area contributed by atoms with Crippen LogP contribution in [0.2, 0.25) is 0 Å². The molecule has 2 amide bonds. The average Bonchev–Trinajstić information content (AvgIpc) is 2.65. The van der Waals surface area contributed by atoms with Crippen LogP contribution >= 0.6 is 0 Å². The van der Waals surface area contributed by atoms with Gasteiger partial charge in [-0.3, -0.25) is 0 Å². The van der Waals surface area contributed by atoms with Crippen molar-refractivity contribution in [3.05, 3.63) is 59.3 Å². The number of ether oxygens (including phenoxy) is 1. The van der Waals surface area contributed by atoms with E-state index >= 15 is 0 Å². The average molecular weight is 355 g/mol. The minimum absolute atomic E-state index is 0.107. The van der Waals surface area contributed by atoms with Gasteiger partial charge in [-0.1, -0.05) is 51.1 Å². The number of pyridine rings is 1. The molecule has 0 radical (unpaired) electrons. The molecular formula is C21H29N3O2. The number of nitrogens with one attached hydrogen (secondary N) is 1. The van der Waals surface area contributed by atoms with Crippen LogP contribution < -0.4 is 10.1 Å². The Morgan fingerprint density at radius 3 is 2.42 bits per heavy atom. The number of amides is 2. The Labute approximate surface area is 156 Å². The third kappa shape index (κ3) is 6.06. The molecule has 1 heterocycles. The first-order valence-electron chi connectivity index (χ1n) is 9.15. The molecule has 2 aromatic rings. The lowest BCUT2D eigenvalue weighted by atomic mass is 10.0. The van der Waals surface area contributed by atoms with Gasteiger partial charge in [0.05, 0.1) is 6.61 Å². The topological polar surface area (TPSA) is 54.5 Å². The zero-order valence-electron chi connectivity index (χ0n) is 16.2. The number of hydrogen-bond acceptors (Lipinski definition) is 3. The molecule has 5 heteroatoms. The lowest BCUT2D eigenvalue weighted by molar-refractivity contribution is 0.206. The number of benzene rings is 1. The van der Waals surface area contributed by atoms with Crippen LogP contribution in [0, 0.1) is 0 Å². The van der Waals surface area contributed by atoms with E-state index in [1.54, 1.807) is 18.1 Å². The summed E-state index contributed by atoms with van der Waals surface area (Å²) in [5.41, 5.74) is 3.36. The quantitative estimate of drug-likeness (QED) is 0.766. The van der Waals surface area contributed by atoms with E-state index in [4.69, 9.17) is 4.74 Å². The van der Waals surface area contributed by atoms with Crippen LogP contribution in [0.5, 0.6) is 5.88 Å². The summed E-state index contributed by atoms with van der Waals surface area (Å²) in [6, 6.07) is 12.1. The van der Waals surface area contributed by atoms with Crippen molar-refractivity contribution in [2.75, 3.05) is 13.7 Å². The number of urea groups is 1. The van der Waals surface area contributed by atoms with Crippen LogP contribution in [0.25, 0.3) is 0 Å². The molecule has 5 nitrogen and oxygen atoms in total. The van der Waals surface area contributed by atoms with Crippen molar-refractivity contribution in [1.82, 2.24) is 15.2 Å². The molecular weight excluding hydrogens is 326 g/mol. The van der Waals surface area contributed by atoms with Crippen LogP contribution in [0.4, 0.5) is 4.79 Å². The highest BCUT2D eigenvalue weighted by atomic mass is 16.5. The maximum atomic E-state index is 12.3. The number of carbonyl (C=O) groups excluding carboxylic acids is 1. The van der Waals surface area contributed by atoms with E-state index in [2.05, 4.69) is 55.3 Å². The highest BCUT2D eigenvalue weighted by Crippen LogP contribution is 2.15. The molecule has 0 saturated heterocycles. The molecule has 1 aromatic heterocycles. The Kier molecular flexibility index (Phi) is 7.45. The maximum absolute atomic E-state index is 12.3. The predicted octanol–water partition coefficient (Wildman–Crippen LogP) is 4.34. The van der Waals surface area contributed by atoms with Crippen molar-refractivity contribution < 1.29 is 9.53 Å². The largest absolute Gasteiger partial charge is 0.478 e. The number of aromatic nitrogens is 1. The van der Waals surface area contributed by atoms with Crippen molar-refractivity contribution in [2.45, 2.75) is 46.2 Å². The summed E-state index contributed by atoms with van der Waals surface area (Å²) in [4.78, 5) is 18.2. The zero-order chi connectivity index (χ0) is 18.9. The highest BCUT2D eigenvalue weighted by molar-refractivity contribution is 5.73. The van der Waals surface area contributed by atoms with Crippen LogP contribution in [-0.4, -0.2) is 29.6 Å². The Morgan fingerprint density at radius 2 is 1.85 bits per heavy atom. The lowest BCUT2D eigenvalue weighted by Crippen LogP contribution is -2.36. The van der Waals surface area contributed by atoms with Gasteiger partial charge < -0.3 is 15.0 Å². The van der Waals surface area contributed by atoms with Crippen molar-refractivity contribution in [3.63, 3.8) is 0 Å². The first kappa shape index (κ1) is 19.8. The van der Waals surface area contributed by atoms with Gasteiger partial charge in [0.25, 0.3) is 0 Å². The van der Waals surface area contributed by atoms with Crippen LogP contribution in [0.15, 0.2) is 42.6 Å². The van der Waals surface area contributed by atoms with Gasteiger partial charge in [-0.2, -0.15) is 0 Å². The molecule has 0 aliphatic heterocycles. The smallest absolute Gasteiger partial charge is 0.317 e. The standard InChI is InChI=1S/C21H29N3O2/c1-5-12-26-20-11-8-18(13-22-20)14-23-21(25)24(4)15-17-6-9-19(10-7-17)16(2)3/h6-11,13,16H,5,12,14-15H2,1-4H3,(H,23,25). The van der Waals surface area contributed by atoms with Crippen molar-refractivity contribution in [2.24, 2.45) is 0 Å². The second-order valence-electron chi connectivity index (χ2n) is 6.76. The fraction of sp³-hybridized carbons (Fsp3) is 0.429. The second kappa shape index (κ2) is 9.80. The Balaban J connectivity index is 1.81. The van der Waals surface area contributed by atoms with Gasteiger partial charge in [-0.05, 0) is 29.0 Å². The first-order valence-corrected chi connectivity index (χ1v) is 9.15. The molecule has 140 valence electrons. The number of hydrogen-bond donors (Lipinski definition) is 1. The fourth-order valence-corrected chi connectivity index (χ4v) is 2.47. The molecule has 2 rings (SSSR count). The summed E-state index contributed by atoms with van der Waals surface area (Å²) < 4.78 is 5.46. The normalized spacial score (nSPS) is 10.7. The van der Waals surface area contributed by atoms with Gasteiger partial charge in [0.15, 0.2) is 0 Å².